The quantitative estimate of drug-likeness (QED) is 0.245. The fourth-order valence-corrected chi connectivity index (χ4v) is 4.47. The summed E-state index contributed by atoms with van der Waals surface area (Å²) in [5.41, 5.74) is 2.50. The van der Waals surface area contributed by atoms with Gasteiger partial charge < -0.3 is 18.9 Å². The number of benzene rings is 2. The Labute approximate surface area is 212 Å². The van der Waals surface area contributed by atoms with Crippen LogP contribution in [0, 0.1) is 0 Å². The summed E-state index contributed by atoms with van der Waals surface area (Å²) in [5.74, 6) is -0.631. The van der Waals surface area contributed by atoms with E-state index in [4.69, 9.17) is 18.9 Å². The number of ether oxygens (including phenoxy) is 4. The van der Waals surface area contributed by atoms with Gasteiger partial charge in [-0.05, 0) is 62.4 Å². The van der Waals surface area contributed by atoms with E-state index in [-0.39, 0.29) is 6.10 Å². The summed E-state index contributed by atoms with van der Waals surface area (Å²) >= 11 is 3.45. The standard InChI is InChI=1S/C26H29BrN2O6/c1-3-32-25-28-22-11-7-10-21(23(22)29(25)16-18-12-14-19(27)15-13-18)24(30)33-17(2)34-26(31)35-20-8-5-4-6-9-20/h7,10-15,17,20H,3-6,8-9,16H2,1-2H3. The number of hydrogen-bond donors (Lipinski definition) is 0. The third kappa shape index (κ3) is 6.33. The minimum atomic E-state index is -1.11. The highest BCUT2D eigenvalue weighted by atomic mass is 79.9. The number of rotatable bonds is 8. The molecule has 9 heteroatoms. The molecule has 0 spiro atoms. The van der Waals surface area contributed by atoms with Gasteiger partial charge in [-0.15, -0.1) is 0 Å². The minimum Gasteiger partial charge on any atom is -0.465 e. The average molecular weight is 545 g/mol. The van der Waals surface area contributed by atoms with E-state index in [9.17, 15) is 9.59 Å². The van der Waals surface area contributed by atoms with Crippen LogP contribution >= 0.6 is 15.9 Å². The van der Waals surface area contributed by atoms with E-state index in [2.05, 4.69) is 20.9 Å². The van der Waals surface area contributed by atoms with Crippen molar-refractivity contribution in [2.45, 2.75) is 64.9 Å². The Hall–Kier alpha value is -3.07. The van der Waals surface area contributed by atoms with Crippen LogP contribution in [0.4, 0.5) is 4.79 Å². The molecule has 35 heavy (non-hydrogen) atoms. The molecule has 0 aliphatic heterocycles. The Morgan fingerprint density at radius 3 is 2.54 bits per heavy atom. The first-order valence-corrected chi connectivity index (χ1v) is 12.7. The van der Waals surface area contributed by atoms with Crippen LogP contribution in [0.1, 0.15) is 61.9 Å². The number of halogens is 1. The number of aromatic nitrogens is 2. The molecule has 1 aromatic heterocycles. The summed E-state index contributed by atoms with van der Waals surface area (Å²) in [5, 5.41) is 0. The van der Waals surface area contributed by atoms with E-state index in [0.717, 1.165) is 42.1 Å². The first-order chi connectivity index (χ1) is 16.9. The molecule has 1 saturated carbocycles. The molecule has 0 bridgehead atoms. The number of nitrogens with zero attached hydrogens (tertiary/aromatic N) is 2. The number of esters is 1. The highest BCUT2D eigenvalue weighted by molar-refractivity contribution is 9.10. The first-order valence-electron chi connectivity index (χ1n) is 11.9. The van der Waals surface area contributed by atoms with Crippen LogP contribution in [0.5, 0.6) is 6.01 Å². The SMILES string of the molecule is CCOc1nc2cccc(C(=O)OC(C)OC(=O)OC3CCCCC3)c2n1Cc1ccc(Br)cc1. The zero-order chi connectivity index (χ0) is 24.8. The van der Waals surface area contributed by atoms with Crippen molar-refractivity contribution in [3.05, 3.63) is 58.1 Å². The molecule has 1 aliphatic rings. The van der Waals surface area contributed by atoms with E-state index in [1.54, 1.807) is 12.1 Å². The van der Waals surface area contributed by atoms with Crippen molar-refractivity contribution in [1.82, 2.24) is 9.55 Å². The average Bonchev–Trinajstić information content (AvgIpc) is 3.18. The van der Waals surface area contributed by atoms with E-state index in [1.165, 1.54) is 6.92 Å². The lowest BCUT2D eigenvalue weighted by atomic mass is 9.98. The van der Waals surface area contributed by atoms with Crippen molar-refractivity contribution in [1.29, 1.82) is 0 Å². The summed E-state index contributed by atoms with van der Waals surface area (Å²) in [7, 11) is 0. The molecule has 3 aromatic rings. The van der Waals surface area contributed by atoms with Crippen LogP contribution in [0.2, 0.25) is 0 Å². The van der Waals surface area contributed by atoms with Gasteiger partial charge in [-0.25, -0.2) is 9.59 Å². The maximum atomic E-state index is 13.1. The van der Waals surface area contributed by atoms with Crippen molar-refractivity contribution in [2.75, 3.05) is 6.61 Å². The number of carbonyl (C=O) groups is 2. The van der Waals surface area contributed by atoms with Crippen LogP contribution < -0.4 is 4.74 Å². The van der Waals surface area contributed by atoms with Gasteiger partial charge in [-0.3, -0.25) is 4.57 Å². The molecule has 186 valence electrons. The lowest BCUT2D eigenvalue weighted by Gasteiger charge is -2.22. The maximum absolute atomic E-state index is 13.1. The Kier molecular flexibility index (Phi) is 8.28. The second-order valence-corrected chi connectivity index (χ2v) is 9.35. The van der Waals surface area contributed by atoms with Gasteiger partial charge in [0, 0.05) is 11.4 Å². The van der Waals surface area contributed by atoms with E-state index >= 15 is 0 Å². The fourth-order valence-electron chi connectivity index (χ4n) is 4.21. The minimum absolute atomic E-state index is 0.141. The predicted octanol–water partition coefficient (Wildman–Crippen LogP) is 6.23. The Balaban J connectivity index is 1.53. The molecule has 4 rings (SSSR count). The summed E-state index contributed by atoms with van der Waals surface area (Å²) < 4.78 is 24.6. The molecule has 1 heterocycles. The van der Waals surface area contributed by atoms with Crippen LogP contribution in [0.3, 0.4) is 0 Å². The third-order valence-corrected chi connectivity index (χ3v) is 6.36. The van der Waals surface area contributed by atoms with Crippen molar-refractivity contribution in [2.24, 2.45) is 0 Å². The van der Waals surface area contributed by atoms with Crippen LogP contribution in [0.25, 0.3) is 11.0 Å². The summed E-state index contributed by atoms with van der Waals surface area (Å²) in [6.07, 6.45) is 2.80. The number of fused-ring (bicyclic) bond motifs is 1. The molecule has 0 saturated heterocycles. The normalized spacial score (nSPS) is 14.9. The summed E-state index contributed by atoms with van der Waals surface area (Å²) in [6.45, 7) is 4.25. The van der Waals surface area contributed by atoms with Crippen molar-refractivity contribution >= 4 is 39.1 Å². The molecule has 8 nitrogen and oxygen atoms in total. The highest BCUT2D eigenvalue weighted by Crippen LogP contribution is 2.28. The molecule has 1 atom stereocenters. The lowest BCUT2D eigenvalue weighted by molar-refractivity contribution is -0.0914. The Morgan fingerprint density at radius 1 is 1.09 bits per heavy atom. The third-order valence-electron chi connectivity index (χ3n) is 5.83. The maximum Gasteiger partial charge on any atom is 0.511 e. The van der Waals surface area contributed by atoms with Gasteiger partial charge >= 0.3 is 12.1 Å². The molecule has 1 unspecified atom stereocenters. The molecular formula is C26H29BrN2O6. The van der Waals surface area contributed by atoms with Crippen molar-refractivity contribution in [3.63, 3.8) is 0 Å². The van der Waals surface area contributed by atoms with Gasteiger partial charge in [0.2, 0.25) is 6.29 Å². The smallest absolute Gasteiger partial charge is 0.465 e. The van der Waals surface area contributed by atoms with Crippen LogP contribution in [-0.2, 0) is 20.8 Å². The van der Waals surface area contributed by atoms with Crippen LogP contribution in [-0.4, -0.2) is 40.7 Å². The van der Waals surface area contributed by atoms with E-state index in [1.807, 2.05) is 41.8 Å². The number of para-hydroxylation sites is 1. The molecule has 1 aliphatic carbocycles. The zero-order valence-electron chi connectivity index (χ0n) is 19.9. The van der Waals surface area contributed by atoms with Crippen molar-refractivity contribution in [3.8, 4) is 6.01 Å². The number of carbonyl (C=O) groups excluding carboxylic acids is 2. The number of imidazole rings is 1. The molecule has 2 aromatic carbocycles. The lowest BCUT2D eigenvalue weighted by Crippen LogP contribution is -2.26. The van der Waals surface area contributed by atoms with E-state index in [0.29, 0.717) is 35.8 Å². The van der Waals surface area contributed by atoms with Gasteiger partial charge in [-0.2, -0.15) is 4.98 Å². The van der Waals surface area contributed by atoms with Crippen molar-refractivity contribution < 1.29 is 28.5 Å². The Morgan fingerprint density at radius 2 is 1.83 bits per heavy atom. The molecule has 0 amide bonds. The van der Waals surface area contributed by atoms with Crippen LogP contribution in [0.15, 0.2) is 46.9 Å². The van der Waals surface area contributed by atoms with E-state index < -0.39 is 18.4 Å². The number of hydrogen-bond acceptors (Lipinski definition) is 7. The molecule has 0 radical (unpaired) electrons. The Bertz CT molecular complexity index is 1170. The van der Waals surface area contributed by atoms with Gasteiger partial charge in [0.05, 0.1) is 29.7 Å². The topological polar surface area (TPSA) is 88.9 Å². The fraction of sp³-hybridized carbons (Fsp3) is 0.423. The zero-order valence-corrected chi connectivity index (χ0v) is 21.5. The van der Waals surface area contributed by atoms with Gasteiger partial charge in [0.1, 0.15) is 6.10 Å². The highest BCUT2D eigenvalue weighted by Gasteiger charge is 2.24. The monoisotopic (exact) mass is 544 g/mol. The largest absolute Gasteiger partial charge is 0.511 e. The van der Waals surface area contributed by atoms with Gasteiger partial charge in [0.15, 0.2) is 0 Å². The predicted molar refractivity (Wildman–Crippen MR) is 133 cm³/mol. The van der Waals surface area contributed by atoms with Gasteiger partial charge in [-0.1, -0.05) is 40.5 Å². The van der Waals surface area contributed by atoms with Gasteiger partial charge in [0.25, 0.3) is 6.01 Å². The first kappa shape index (κ1) is 25.0. The summed E-state index contributed by atoms with van der Waals surface area (Å²) in [6, 6.07) is 13.5. The second kappa shape index (κ2) is 11.6. The summed E-state index contributed by atoms with van der Waals surface area (Å²) in [4.78, 5) is 29.8. The molecular weight excluding hydrogens is 516 g/mol. The molecule has 0 N–H and O–H groups in total. The second-order valence-electron chi connectivity index (χ2n) is 8.43. The molecule has 1 fully saturated rings.